The molecular formula is C9H11BrO2S. The van der Waals surface area contributed by atoms with Crippen LogP contribution in [0.3, 0.4) is 0 Å². The molecule has 0 bridgehead atoms. The topological polar surface area (TPSA) is 26.3 Å². The van der Waals surface area contributed by atoms with Gasteiger partial charge in [0.1, 0.15) is 5.78 Å². The van der Waals surface area contributed by atoms with Gasteiger partial charge in [0.2, 0.25) is 0 Å². The second-order valence-corrected chi connectivity index (χ2v) is 5.21. The van der Waals surface area contributed by atoms with E-state index in [2.05, 4.69) is 15.9 Å². The number of ether oxygens (including phenoxy) is 1. The second kappa shape index (κ2) is 5.52. The zero-order valence-electron chi connectivity index (χ0n) is 7.38. The molecular weight excluding hydrogens is 252 g/mol. The normalized spacial score (nSPS) is 10.3. The van der Waals surface area contributed by atoms with Crippen molar-refractivity contribution >= 4 is 33.0 Å². The lowest BCUT2D eigenvalue weighted by Crippen LogP contribution is -2.04. The summed E-state index contributed by atoms with van der Waals surface area (Å²) in [6, 6.07) is 3.93. The van der Waals surface area contributed by atoms with E-state index >= 15 is 0 Å². The maximum absolute atomic E-state index is 11.3. The molecule has 0 fully saturated rings. The van der Waals surface area contributed by atoms with Crippen molar-refractivity contribution in [1.82, 2.24) is 0 Å². The Hall–Kier alpha value is -0.190. The molecule has 0 aliphatic heterocycles. The molecule has 1 aromatic heterocycles. The maximum Gasteiger partial charge on any atom is 0.140 e. The third-order valence-electron chi connectivity index (χ3n) is 1.59. The number of rotatable bonds is 5. The molecule has 0 saturated heterocycles. The Labute approximate surface area is 90.0 Å². The summed E-state index contributed by atoms with van der Waals surface area (Å²) in [5.74, 6) is 0.233. The van der Waals surface area contributed by atoms with E-state index in [-0.39, 0.29) is 5.78 Å². The van der Waals surface area contributed by atoms with Crippen molar-refractivity contribution in [2.24, 2.45) is 0 Å². The monoisotopic (exact) mass is 262 g/mol. The zero-order valence-corrected chi connectivity index (χ0v) is 9.78. The molecule has 0 spiro atoms. The Bertz CT molecular complexity index is 283. The lowest BCUT2D eigenvalue weighted by molar-refractivity contribution is -0.119. The van der Waals surface area contributed by atoms with Crippen LogP contribution in [0.2, 0.25) is 0 Å². The summed E-state index contributed by atoms with van der Waals surface area (Å²) in [4.78, 5) is 12.4. The van der Waals surface area contributed by atoms with Gasteiger partial charge in [-0.05, 0) is 28.1 Å². The van der Waals surface area contributed by atoms with Gasteiger partial charge in [-0.2, -0.15) is 0 Å². The number of methoxy groups -OCH3 is 1. The summed E-state index contributed by atoms with van der Waals surface area (Å²) in [7, 11) is 1.61. The SMILES string of the molecule is COCCC(=O)Cc1ccc(Br)s1. The van der Waals surface area contributed by atoms with Crippen molar-refractivity contribution in [3.8, 4) is 0 Å². The van der Waals surface area contributed by atoms with Crippen molar-refractivity contribution in [1.29, 1.82) is 0 Å². The molecule has 4 heteroatoms. The third-order valence-corrected chi connectivity index (χ3v) is 3.21. The average Bonchev–Trinajstić information content (AvgIpc) is 2.48. The molecule has 0 aliphatic rings. The van der Waals surface area contributed by atoms with Crippen LogP contribution >= 0.6 is 27.3 Å². The minimum Gasteiger partial charge on any atom is -0.384 e. The Morgan fingerprint density at radius 1 is 1.62 bits per heavy atom. The Morgan fingerprint density at radius 3 is 2.92 bits per heavy atom. The average molecular weight is 263 g/mol. The molecule has 72 valence electrons. The lowest BCUT2D eigenvalue weighted by Gasteiger charge is -1.96. The van der Waals surface area contributed by atoms with E-state index in [1.54, 1.807) is 18.4 Å². The quantitative estimate of drug-likeness (QED) is 0.816. The second-order valence-electron chi connectivity index (χ2n) is 2.66. The van der Waals surface area contributed by atoms with Crippen LogP contribution in [0.1, 0.15) is 11.3 Å². The van der Waals surface area contributed by atoms with E-state index in [0.717, 1.165) is 8.66 Å². The van der Waals surface area contributed by atoms with Gasteiger partial charge in [0, 0.05) is 24.8 Å². The predicted molar refractivity (Wildman–Crippen MR) is 57.2 cm³/mol. The Kier molecular flexibility index (Phi) is 4.62. The molecule has 0 amide bonds. The van der Waals surface area contributed by atoms with Gasteiger partial charge >= 0.3 is 0 Å². The van der Waals surface area contributed by atoms with Crippen molar-refractivity contribution in [2.45, 2.75) is 12.8 Å². The highest BCUT2D eigenvalue weighted by Gasteiger charge is 2.05. The molecule has 1 aromatic rings. The largest absolute Gasteiger partial charge is 0.384 e. The number of thiophene rings is 1. The smallest absolute Gasteiger partial charge is 0.140 e. The third kappa shape index (κ3) is 4.02. The van der Waals surface area contributed by atoms with E-state index in [1.165, 1.54) is 0 Å². The van der Waals surface area contributed by atoms with Gasteiger partial charge in [0.25, 0.3) is 0 Å². The predicted octanol–water partition coefficient (Wildman–Crippen LogP) is 2.66. The molecule has 13 heavy (non-hydrogen) atoms. The number of halogens is 1. The fraction of sp³-hybridized carbons (Fsp3) is 0.444. The summed E-state index contributed by atoms with van der Waals surface area (Å²) >= 11 is 4.96. The zero-order chi connectivity index (χ0) is 9.68. The summed E-state index contributed by atoms with van der Waals surface area (Å²) < 4.78 is 5.90. The van der Waals surface area contributed by atoms with Gasteiger partial charge in [-0.25, -0.2) is 0 Å². The van der Waals surface area contributed by atoms with E-state index in [4.69, 9.17) is 4.74 Å². The highest BCUT2D eigenvalue weighted by atomic mass is 79.9. The molecule has 1 heterocycles. The van der Waals surface area contributed by atoms with E-state index in [9.17, 15) is 4.79 Å². The van der Waals surface area contributed by atoms with Crippen molar-refractivity contribution in [3.05, 3.63) is 20.8 Å². The van der Waals surface area contributed by atoms with Crippen molar-refractivity contribution < 1.29 is 9.53 Å². The van der Waals surface area contributed by atoms with Crippen LogP contribution in [0.15, 0.2) is 15.9 Å². The molecule has 0 aliphatic carbocycles. The van der Waals surface area contributed by atoms with Crippen LogP contribution < -0.4 is 0 Å². The van der Waals surface area contributed by atoms with Crippen LogP contribution in [-0.2, 0) is 16.0 Å². The van der Waals surface area contributed by atoms with Crippen LogP contribution in [0.5, 0.6) is 0 Å². The number of carbonyl (C=O) groups is 1. The summed E-state index contributed by atoms with van der Waals surface area (Å²) in [5, 5.41) is 0. The maximum atomic E-state index is 11.3. The lowest BCUT2D eigenvalue weighted by atomic mass is 10.2. The van der Waals surface area contributed by atoms with Gasteiger partial charge in [-0.3, -0.25) is 4.79 Å². The molecule has 0 radical (unpaired) electrons. The molecule has 0 atom stereocenters. The van der Waals surface area contributed by atoms with Gasteiger partial charge < -0.3 is 4.74 Å². The number of hydrogen-bond acceptors (Lipinski definition) is 3. The molecule has 2 nitrogen and oxygen atoms in total. The molecule has 0 N–H and O–H groups in total. The van der Waals surface area contributed by atoms with Crippen LogP contribution in [0, 0.1) is 0 Å². The standard InChI is InChI=1S/C9H11BrO2S/c1-12-5-4-7(11)6-8-2-3-9(10)13-8/h2-3H,4-6H2,1H3. The van der Waals surface area contributed by atoms with Gasteiger partial charge in [-0.1, -0.05) is 0 Å². The minimum absolute atomic E-state index is 0.233. The first-order chi connectivity index (χ1) is 6.22. The number of Topliss-reactive ketones (excluding diaryl/α,β-unsaturated/α-hetero) is 1. The first-order valence-corrected chi connectivity index (χ1v) is 5.58. The van der Waals surface area contributed by atoms with Crippen molar-refractivity contribution in [3.63, 3.8) is 0 Å². The Balaban J connectivity index is 2.36. The first-order valence-electron chi connectivity index (χ1n) is 3.97. The number of ketones is 1. The number of carbonyl (C=O) groups excluding carboxylic acids is 1. The fourth-order valence-corrected chi connectivity index (χ4v) is 2.46. The van der Waals surface area contributed by atoms with Gasteiger partial charge in [0.05, 0.1) is 10.4 Å². The summed E-state index contributed by atoms with van der Waals surface area (Å²) in [6.45, 7) is 0.519. The summed E-state index contributed by atoms with van der Waals surface area (Å²) in [6.07, 6.45) is 1.03. The van der Waals surface area contributed by atoms with Crippen LogP contribution in [0.25, 0.3) is 0 Å². The highest BCUT2D eigenvalue weighted by molar-refractivity contribution is 9.11. The molecule has 0 aromatic carbocycles. The van der Waals surface area contributed by atoms with E-state index in [1.807, 2.05) is 12.1 Å². The van der Waals surface area contributed by atoms with Crippen LogP contribution in [0.4, 0.5) is 0 Å². The number of hydrogen-bond donors (Lipinski definition) is 0. The molecule has 1 rings (SSSR count). The van der Waals surface area contributed by atoms with Crippen LogP contribution in [-0.4, -0.2) is 19.5 Å². The summed E-state index contributed by atoms with van der Waals surface area (Å²) in [5.41, 5.74) is 0. The van der Waals surface area contributed by atoms with E-state index < -0.39 is 0 Å². The fourth-order valence-electron chi connectivity index (χ4n) is 0.945. The molecule has 0 saturated carbocycles. The first kappa shape index (κ1) is 10.9. The van der Waals surface area contributed by atoms with Gasteiger partial charge in [0.15, 0.2) is 0 Å². The van der Waals surface area contributed by atoms with Crippen molar-refractivity contribution in [2.75, 3.05) is 13.7 Å². The highest BCUT2D eigenvalue weighted by Crippen LogP contribution is 2.22. The Morgan fingerprint density at radius 2 is 2.38 bits per heavy atom. The molecule has 0 unspecified atom stereocenters. The minimum atomic E-state index is 0.233. The van der Waals surface area contributed by atoms with E-state index in [0.29, 0.717) is 19.4 Å². The van der Waals surface area contributed by atoms with Gasteiger partial charge in [-0.15, -0.1) is 11.3 Å².